The fraction of sp³-hybridized carbons (Fsp3) is 0.182. The lowest BCUT2D eigenvalue weighted by Gasteiger charge is -2.13. The minimum absolute atomic E-state index is 0.0638. The molecule has 6 heteroatoms. The average molecular weight is 378 g/mol. The maximum atomic E-state index is 12.8. The Kier molecular flexibility index (Phi) is 5.79. The number of anilines is 1. The SMILES string of the molecule is COc1ccc(NC(=O)c2cccn(Cc3ccccc3C)c2=O)c(OC)c1. The Labute approximate surface area is 163 Å². The summed E-state index contributed by atoms with van der Waals surface area (Å²) in [6.07, 6.45) is 1.68. The van der Waals surface area contributed by atoms with Crippen molar-refractivity contribution in [3.05, 3.63) is 87.8 Å². The van der Waals surface area contributed by atoms with Crippen molar-refractivity contribution in [1.29, 1.82) is 0 Å². The van der Waals surface area contributed by atoms with Gasteiger partial charge < -0.3 is 19.4 Å². The highest BCUT2D eigenvalue weighted by atomic mass is 16.5. The summed E-state index contributed by atoms with van der Waals surface area (Å²) in [5, 5.41) is 2.74. The Balaban J connectivity index is 1.87. The van der Waals surface area contributed by atoms with Gasteiger partial charge in [0.2, 0.25) is 0 Å². The lowest BCUT2D eigenvalue weighted by atomic mass is 10.1. The summed E-state index contributed by atoms with van der Waals surface area (Å²) >= 11 is 0. The van der Waals surface area contributed by atoms with E-state index in [1.807, 2.05) is 31.2 Å². The van der Waals surface area contributed by atoms with Gasteiger partial charge in [-0.15, -0.1) is 0 Å². The van der Waals surface area contributed by atoms with Gasteiger partial charge in [0, 0.05) is 12.3 Å². The van der Waals surface area contributed by atoms with Gasteiger partial charge in [0.15, 0.2) is 0 Å². The van der Waals surface area contributed by atoms with E-state index in [1.165, 1.54) is 17.7 Å². The van der Waals surface area contributed by atoms with E-state index in [1.54, 1.807) is 37.6 Å². The number of methoxy groups -OCH3 is 2. The first kappa shape index (κ1) is 19.2. The quantitative estimate of drug-likeness (QED) is 0.713. The van der Waals surface area contributed by atoms with Crippen LogP contribution in [0.1, 0.15) is 21.5 Å². The van der Waals surface area contributed by atoms with Crippen LogP contribution in [0.2, 0.25) is 0 Å². The molecule has 2 aromatic carbocycles. The molecular weight excluding hydrogens is 356 g/mol. The van der Waals surface area contributed by atoms with Crippen LogP contribution in [0, 0.1) is 6.92 Å². The molecule has 0 aliphatic heterocycles. The zero-order valence-electron chi connectivity index (χ0n) is 16.1. The lowest BCUT2D eigenvalue weighted by molar-refractivity contribution is 0.102. The third kappa shape index (κ3) is 4.06. The molecule has 0 aliphatic rings. The van der Waals surface area contributed by atoms with Gasteiger partial charge in [-0.2, -0.15) is 0 Å². The van der Waals surface area contributed by atoms with Crippen molar-refractivity contribution in [2.45, 2.75) is 13.5 Å². The minimum Gasteiger partial charge on any atom is -0.497 e. The van der Waals surface area contributed by atoms with Crippen LogP contribution >= 0.6 is 0 Å². The molecule has 0 bridgehead atoms. The molecule has 1 aromatic heterocycles. The van der Waals surface area contributed by atoms with E-state index >= 15 is 0 Å². The molecule has 1 N–H and O–H groups in total. The van der Waals surface area contributed by atoms with Gasteiger partial charge in [0.25, 0.3) is 11.5 Å². The largest absolute Gasteiger partial charge is 0.497 e. The van der Waals surface area contributed by atoms with Crippen LogP contribution in [0.25, 0.3) is 0 Å². The van der Waals surface area contributed by atoms with Crippen LogP contribution in [0.4, 0.5) is 5.69 Å². The molecule has 144 valence electrons. The third-order valence-corrected chi connectivity index (χ3v) is 4.52. The maximum Gasteiger partial charge on any atom is 0.263 e. The Bertz CT molecular complexity index is 1060. The van der Waals surface area contributed by atoms with E-state index < -0.39 is 5.91 Å². The van der Waals surface area contributed by atoms with Crippen molar-refractivity contribution < 1.29 is 14.3 Å². The van der Waals surface area contributed by atoms with Crippen molar-refractivity contribution >= 4 is 11.6 Å². The zero-order valence-corrected chi connectivity index (χ0v) is 16.1. The predicted octanol–water partition coefficient (Wildman–Crippen LogP) is 3.47. The van der Waals surface area contributed by atoms with Crippen molar-refractivity contribution in [2.75, 3.05) is 19.5 Å². The summed E-state index contributed by atoms with van der Waals surface area (Å²) in [7, 11) is 3.05. The van der Waals surface area contributed by atoms with E-state index in [0.717, 1.165) is 11.1 Å². The number of rotatable bonds is 6. The number of hydrogen-bond donors (Lipinski definition) is 1. The number of amides is 1. The normalized spacial score (nSPS) is 10.4. The number of hydrogen-bond acceptors (Lipinski definition) is 4. The van der Waals surface area contributed by atoms with Gasteiger partial charge in [0.05, 0.1) is 26.5 Å². The van der Waals surface area contributed by atoms with Gasteiger partial charge >= 0.3 is 0 Å². The Hall–Kier alpha value is -3.54. The average Bonchev–Trinajstić information content (AvgIpc) is 2.71. The van der Waals surface area contributed by atoms with Crippen molar-refractivity contribution in [1.82, 2.24) is 4.57 Å². The first-order valence-electron chi connectivity index (χ1n) is 8.81. The molecule has 0 fully saturated rings. The number of ether oxygens (including phenoxy) is 2. The molecule has 3 rings (SSSR count). The molecule has 0 atom stereocenters. The molecule has 0 saturated carbocycles. The van der Waals surface area contributed by atoms with Gasteiger partial charge in [-0.05, 0) is 42.3 Å². The Morgan fingerprint density at radius 2 is 1.82 bits per heavy atom. The van der Waals surface area contributed by atoms with E-state index in [0.29, 0.717) is 23.7 Å². The van der Waals surface area contributed by atoms with E-state index in [2.05, 4.69) is 5.32 Å². The molecule has 0 spiro atoms. The molecule has 1 amide bonds. The summed E-state index contributed by atoms with van der Waals surface area (Å²) < 4.78 is 12.0. The number of nitrogens with zero attached hydrogens (tertiary/aromatic N) is 1. The molecule has 0 radical (unpaired) electrons. The molecule has 0 unspecified atom stereocenters. The number of carbonyl (C=O) groups is 1. The predicted molar refractivity (Wildman–Crippen MR) is 108 cm³/mol. The van der Waals surface area contributed by atoms with Crippen LogP contribution in [-0.4, -0.2) is 24.7 Å². The van der Waals surface area contributed by atoms with Gasteiger partial charge in [-0.1, -0.05) is 24.3 Å². The van der Waals surface area contributed by atoms with E-state index in [4.69, 9.17) is 9.47 Å². The van der Waals surface area contributed by atoms with E-state index in [9.17, 15) is 9.59 Å². The van der Waals surface area contributed by atoms with Crippen LogP contribution in [0.5, 0.6) is 11.5 Å². The summed E-state index contributed by atoms with van der Waals surface area (Å²) in [6.45, 7) is 2.39. The van der Waals surface area contributed by atoms with Gasteiger partial charge in [-0.25, -0.2) is 0 Å². The summed E-state index contributed by atoms with van der Waals surface area (Å²) in [5.74, 6) is 0.562. The lowest BCUT2D eigenvalue weighted by Crippen LogP contribution is -2.29. The number of nitrogens with one attached hydrogen (secondary N) is 1. The first-order chi connectivity index (χ1) is 13.5. The topological polar surface area (TPSA) is 69.6 Å². The van der Waals surface area contributed by atoms with Crippen LogP contribution in [0.15, 0.2) is 65.6 Å². The fourth-order valence-corrected chi connectivity index (χ4v) is 2.90. The third-order valence-electron chi connectivity index (χ3n) is 4.52. The van der Waals surface area contributed by atoms with Gasteiger partial charge in [0.1, 0.15) is 17.1 Å². The van der Waals surface area contributed by atoms with Crippen molar-refractivity contribution in [3.63, 3.8) is 0 Å². The second-order valence-corrected chi connectivity index (χ2v) is 6.30. The molecule has 0 aliphatic carbocycles. The summed E-state index contributed by atoms with van der Waals surface area (Å²) in [4.78, 5) is 25.5. The van der Waals surface area contributed by atoms with Gasteiger partial charge in [-0.3, -0.25) is 9.59 Å². The molecule has 28 heavy (non-hydrogen) atoms. The monoisotopic (exact) mass is 378 g/mol. The first-order valence-corrected chi connectivity index (χ1v) is 8.81. The summed E-state index contributed by atoms with van der Waals surface area (Å²) in [5.41, 5.74) is 2.29. The number of carbonyl (C=O) groups excluding carboxylic acids is 1. The number of aryl methyl sites for hydroxylation is 1. The Morgan fingerprint density at radius 3 is 2.54 bits per heavy atom. The number of pyridine rings is 1. The van der Waals surface area contributed by atoms with Crippen LogP contribution < -0.4 is 20.3 Å². The van der Waals surface area contributed by atoms with Crippen LogP contribution in [0.3, 0.4) is 0 Å². The molecule has 1 heterocycles. The molecule has 0 saturated heterocycles. The Morgan fingerprint density at radius 1 is 1.04 bits per heavy atom. The standard InChI is InChI=1S/C22H22N2O4/c1-15-7-4-5-8-16(15)14-24-12-6-9-18(22(24)26)21(25)23-19-11-10-17(27-2)13-20(19)28-3/h4-13H,14H2,1-3H3,(H,23,25). The van der Waals surface area contributed by atoms with Crippen molar-refractivity contribution in [2.24, 2.45) is 0 Å². The minimum atomic E-state index is -0.493. The maximum absolute atomic E-state index is 12.8. The molecule has 6 nitrogen and oxygen atoms in total. The molecular formula is C22H22N2O4. The smallest absolute Gasteiger partial charge is 0.263 e. The van der Waals surface area contributed by atoms with Crippen molar-refractivity contribution in [3.8, 4) is 11.5 Å². The second kappa shape index (κ2) is 8.43. The molecule has 3 aromatic rings. The highest BCUT2D eigenvalue weighted by molar-refractivity contribution is 6.04. The van der Waals surface area contributed by atoms with Crippen LogP contribution in [-0.2, 0) is 6.54 Å². The zero-order chi connectivity index (χ0) is 20.1. The highest BCUT2D eigenvalue weighted by Crippen LogP contribution is 2.29. The second-order valence-electron chi connectivity index (χ2n) is 6.30. The number of aromatic nitrogens is 1. The number of benzene rings is 2. The fourth-order valence-electron chi connectivity index (χ4n) is 2.90. The van der Waals surface area contributed by atoms with E-state index in [-0.39, 0.29) is 11.1 Å². The summed E-state index contributed by atoms with van der Waals surface area (Å²) in [6, 6.07) is 16.1. The highest BCUT2D eigenvalue weighted by Gasteiger charge is 2.15.